The Bertz CT molecular complexity index is 673. The summed E-state index contributed by atoms with van der Waals surface area (Å²) >= 11 is 0. The van der Waals surface area contributed by atoms with Crippen molar-refractivity contribution >= 4 is 5.69 Å². The summed E-state index contributed by atoms with van der Waals surface area (Å²) in [7, 11) is 0. The van der Waals surface area contributed by atoms with Gasteiger partial charge in [-0.05, 0) is 60.7 Å². The van der Waals surface area contributed by atoms with Crippen LogP contribution >= 0.6 is 0 Å². The van der Waals surface area contributed by atoms with Gasteiger partial charge in [-0.25, -0.2) is 0 Å². The number of phenolic OH excluding ortho intramolecular Hbond substituents is 1. The van der Waals surface area contributed by atoms with Crippen LogP contribution in [0.5, 0.6) is 5.75 Å². The third-order valence-electron chi connectivity index (χ3n) is 3.78. The largest absolute Gasteiger partial charge is 0.508 e. The molecular weight excluding hydrogens is 248 g/mol. The van der Waals surface area contributed by atoms with Crippen molar-refractivity contribution in [1.82, 2.24) is 0 Å². The van der Waals surface area contributed by atoms with E-state index in [4.69, 9.17) is 5.26 Å². The normalized spacial score (nSPS) is 17.1. The van der Waals surface area contributed by atoms with Crippen LogP contribution in [-0.4, -0.2) is 5.11 Å². The Morgan fingerprint density at radius 3 is 2.95 bits per heavy atom. The van der Waals surface area contributed by atoms with Crippen molar-refractivity contribution in [3.05, 3.63) is 59.2 Å². The Labute approximate surface area is 118 Å². The molecule has 0 aliphatic heterocycles. The Kier molecular flexibility index (Phi) is 3.30. The first-order valence-corrected chi connectivity index (χ1v) is 6.85. The van der Waals surface area contributed by atoms with Crippen molar-refractivity contribution in [3.8, 4) is 11.8 Å². The Morgan fingerprint density at radius 1 is 1.20 bits per heavy atom. The summed E-state index contributed by atoms with van der Waals surface area (Å²) in [6, 6.07) is 15.5. The van der Waals surface area contributed by atoms with Gasteiger partial charge < -0.3 is 10.4 Å². The highest BCUT2D eigenvalue weighted by atomic mass is 16.3. The van der Waals surface area contributed by atoms with E-state index in [-0.39, 0.29) is 6.04 Å². The third kappa shape index (κ3) is 2.46. The van der Waals surface area contributed by atoms with E-state index in [9.17, 15) is 5.11 Å². The first kappa shape index (κ1) is 12.6. The van der Waals surface area contributed by atoms with Gasteiger partial charge in [0.15, 0.2) is 0 Å². The number of nitriles is 1. The molecule has 1 aliphatic rings. The minimum Gasteiger partial charge on any atom is -0.508 e. The summed E-state index contributed by atoms with van der Waals surface area (Å²) in [4.78, 5) is 0. The van der Waals surface area contributed by atoms with Crippen LogP contribution in [-0.2, 0) is 6.42 Å². The summed E-state index contributed by atoms with van der Waals surface area (Å²) < 4.78 is 0. The number of nitrogens with one attached hydrogen (secondary N) is 1. The maximum atomic E-state index is 9.68. The number of nitrogens with zero attached hydrogens (tertiary/aromatic N) is 1. The average molecular weight is 264 g/mol. The second-order valence-corrected chi connectivity index (χ2v) is 5.16. The van der Waals surface area contributed by atoms with Crippen LogP contribution in [0.4, 0.5) is 5.69 Å². The third-order valence-corrected chi connectivity index (χ3v) is 3.78. The molecule has 0 saturated heterocycles. The molecule has 2 aromatic rings. The summed E-state index contributed by atoms with van der Waals surface area (Å²) in [6.45, 7) is 0. The number of rotatable bonds is 2. The fraction of sp³-hybridized carbons (Fsp3) is 0.235. The van der Waals surface area contributed by atoms with Gasteiger partial charge in [0.1, 0.15) is 5.75 Å². The molecule has 0 heterocycles. The Morgan fingerprint density at radius 2 is 2.10 bits per heavy atom. The van der Waals surface area contributed by atoms with Gasteiger partial charge in [0.05, 0.1) is 17.7 Å². The number of fused-ring (bicyclic) bond motifs is 1. The van der Waals surface area contributed by atoms with Crippen molar-refractivity contribution in [2.45, 2.75) is 25.3 Å². The summed E-state index contributed by atoms with van der Waals surface area (Å²) in [5.74, 6) is 0.309. The zero-order valence-corrected chi connectivity index (χ0v) is 11.1. The van der Waals surface area contributed by atoms with Crippen LogP contribution in [0.25, 0.3) is 0 Å². The highest BCUT2D eigenvalue weighted by Gasteiger charge is 2.20. The van der Waals surface area contributed by atoms with E-state index in [0.29, 0.717) is 11.3 Å². The summed E-state index contributed by atoms with van der Waals surface area (Å²) in [6.07, 6.45) is 3.23. The molecule has 1 atom stereocenters. The average Bonchev–Trinajstić information content (AvgIpc) is 2.48. The molecule has 3 heteroatoms. The van der Waals surface area contributed by atoms with Crippen LogP contribution in [0, 0.1) is 11.3 Å². The highest BCUT2D eigenvalue weighted by Crippen LogP contribution is 2.34. The fourth-order valence-electron chi connectivity index (χ4n) is 2.82. The van der Waals surface area contributed by atoms with Gasteiger partial charge in [0.2, 0.25) is 0 Å². The number of phenols is 1. The highest BCUT2D eigenvalue weighted by molar-refractivity contribution is 5.52. The number of hydrogen-bond donors (Lipinski definition) is 2. The zero-order valence-electron chi connectivity index (χ0n) is 11.1. The Balaban J connectivity index is 1.89. The molecule has 20 heavy (non-hydrogen) atoms. The second kappa shape index (κ2) is 5.26. The standard InChI is InChI=1S/C17H16N2O/c18-11-12-3-1-5-14(9-12)19-17-6-2-4-13-7-8-15(20)10-16(13)17/h1,3,5,7-10,17,19-20H,2,4,6H2. The summed E-state index contributed by atoms with van der Waals surface area (Å²) in [5.41, 5.74) is 4.06. The van der Waals surface area contributed by atoms with Crippen molar-refractivity contribution < 1.29 is 5.11 Å². The molecule has 2 aromatic carbocycles. The molecular formula is C17H16N2O. The first-order chi connectivity index (χ1) is 9.76. The minimum atomic E-state index is 0.194. The van der Waals surface area contributed by atoms with Gasteiger partial charge in [-0.3, -0.25) is 0 Å². The molecule has 3 rings (SSSR count). The van der Waals surface area contributed by atoms with E-state index in [1.807, 2.05) is 30.3 Å². The van der Waals surface area contributed by atoms with Crippen molar-refractivity contribution in [3.63, 3.8) is 0 Å². The topological polar surface area (TPSA) is 56.0 Å². The van der Waals surface area contributed by atoms with Crippen LogP contribution in [0.3, 0.4) is 0 Å². The predicted molar refractivity (Wildman–Crippen MR) is 78.6 cm³/mol. The number of hydrogen-bond acceptors (Lipinski definition) is 3. The van der Waals surface area contributed by atoms with Crippen molar-refractivity contribution in [2.24, 2.45) is 0 Å². The maximum Gasteiger partial charge on any atom is 0.115 e. The SMILES string of the molecule is N#Cc1cccc(NC2CCCc3ccc(O)cc32)c1. The van der Waals surface area contributed by atoms with E-state index in [2.05, 4.69) is 11.4 Å². The van der Waals surface area contributed by atoms with Crippen LogP contribution < -0.4 is 5.32 Å². The van der Waals surface area contributed by atoms with Gasteiger partial charge in [-0.15, -0.1) is 0 Å². The van der Waals surface area contributed by atoms with Crippen molar-refractivity contribution in [1.29, 1.82) is 5.26 Å². The molecule has 0 radical (unpaired) electrons. The molecule has 0 aromatic heterocycles. The van der Waals surface area contributed by atoms with Gasteiger partial charge >= 0.3 is 0 Å². The molecule has 100 valence electrons. The number of aromatic hydroxyl groups is 1. The van der Waals surface area contributed by atoms with E-state index < -0.39 is 0 Å². The molecule has 1 aliphatic carbocycles. The smallest absolute Gasteiger partial charge is 0.115 e. The van der Waals surface area contributed by atoms with Gasteiger partial charge in [0.25, 0.3) is 0 Å². The maximum absolute atomic E-state index is 9.68. The first-order valence-electron chi connectivity index (χ1n) is 6.85. The second-order valence-electron chi connectivity index (χ2n) is 5.16. The lowest BCUT2D eigenvalue weighted by Crippen LogP contribution is -2.17. The summed E-state index contributed by atoms with van der Waals surface area (Å²) in [5, 5.41) is 22.1. The van der Waals surface area contributed by atoms with E-state index in [0.717, 1.165) is 24.9 Å². The molecule has 0 bridgehead atoms. The van der Waals surface area contributed by atoms with E-state index >= 15 is 0 Å². The fourth-order valence-corrected chi connectivity index (χ4v) is 2.82. The van der Waals surface area contributed by atoms with Gasteiger partial charge in [-0.2, -0.15) is 5.26 Å². The molecule has 2 N–H and O–H groups in total. The lowest BCUT2D eigenvalue weighted by molar-refractivity contribution is 0.471. The molecule has 1 unspecified atom stereocenters. The minimum absolute atomic E-state index is 0.194. The zero-order chi connectivity index (χ0) is 13.9. The number of anilines is 1. The molecule has 3 nitrogen and oxygen atoms in total. The quantitative estimate of drug-likeness (QED) is 0.868. The van der Waals surface area contributed by atoms with Gasteiger partial charge in [-0.1, -0.05) is 12.1 Å². The van der Waals surface area contributed by atoms with E-state index in [1.165, 1.54) is 11.1 Å². The predicted octanol–water partition coefficient (Wildman–Crippen LogP) is 3.75. The van der Waals surface area contributed by atoms with Crippen LogP contribution in [0.15, 0.2) is 42.5 Å². The lowest BCUT2D eigenvalue weighted by Gasteiger charge is -2.27. The van der Waals surface area contributed by atoms with Gasteiger partial charge in [0, 0.05) is 5.69 Å². The van der Waals surface area contributed by atoms with Crippen LogP contribution in [0.1, 0.15) is 35.6 Å². The molecule has 0 saturated carbocycles. The number of benzene rings is 2. The lowest BCUT2D eigenvalue weighted by atomic mass is 9.87. The van der Waals surface area contributed by atoms with Crippen LogP contribution in [0.2, 0.25) is 0 Å². The Hall–Kier alpha value is -2.47. The van der Waals surface area contributed by atoms with Crippen molar-refractivity contribution in [2.75, 3.05) is 5.32 Å². The molecule has 0 fully saturated rings. The molecule has 0 spiro atoms. The van der Waals surface area contributed by atoms with E-state index in [1.54, 1.807) is 12.1 Å². The number of aryl methyl sites for hydroxylation is 1. The molecule has 0 amide bonds. The monoisotopic (exact) mass is 264 g/mol.